The van der Waals surface area contributed by atoms with Crippen molar-refractivity contribution in [2.45, 2.75) is 18.9 Å². The van der Waals surface area contributed by atoms with Gasteiger partial charge in [0.15, 0.2) is 0 Å². The number of nitrogens with zero attached hydrogens (tertiary/aromatic N) is 1. The predicted molar refractivity (Wildman–Crippen MR) is 95.9 cm³/mol. The number of hydrogen-bond acceptors (Lipinski definition) is 4. The Kier molecular flexibility index (Phi) is 5.78. The van der Waals surface area contributed by atoms with Crippen molar-refractivity contribution in [3.05, 3.63) is 52.5 Å². The van der Waals surface area contributed by atoms with Gasteiger partial charge in [0.2, 0.25) is 0 Å². The molecule has 0 aliphatic carbocycles. The summed E-state index contributed by atoms with van der Waals surface area (Å²) in [7, 11) is 0. The lowest BCUT2D eigenvalue weighted by molar-refractivity contribution is -0.136. The summed E-state index contributed by atoms with van der Waals surface area (Å²) in [6, 6.07) is 7.42. The molecule has 1 saturated heterocycles. The highest BCUT2D eigenvalue weighted by Gasteiger charge is 2.25. The number of hydrogen-bond donors (Lipinski definition) is 2. The Morgan fingerprint density at radius 1 is 1.12 bits per heavy atom. The van der Waals surface area contributed by atoms with E-state index in [1.165, 1.54) is 24.3 Å². The summed E-state index contributed by atoms with van der Waals surface area (Å²) in [5, 5.41) is 9.28. The minimum atomic E-state index is -0.753. The topological polar surface area (TPSA) is 61.4 Å². The van der Waals surface area contributed by atoms with Crippen molar-refractivity contribution < 1.29 is 14.0 Å². The zero-order valence-corrected chi connectivity index (χ0v) is 14.5. The average Bonchev–Trinajstić information content (AvgIpc) is 3.31. The first-order valence-corrected chi connectivity index (χ1v) is 9.18. The van der Waals surface area contributed by atoms with Crippen LogP contribution in [0.25, 0.3) is 0 Å². The van der Waals surface area contributed by atoms with Crippen molar-refractivity contribution in [1.29, 1.82) is 0 Å². The van der Waals surface area contributed by atoms with E-state index in [0.29, 0.717) is 12.2 Å². The molecule has 1 aromatic heterocycles. The molecule has 25 heavy (non-hydrogen) atoms. The largest absolute Gasteiger partial charge is 0.346 e. The molecule has 1 aliphatic heterocycles. The fourth-order valence-electron chi connectivity index (χ4n) is 2.97. The Morgan fingerprint density at radius 3 is 2.48 bits per heavy atom. The fraction of sp³-hybridized carbons (Fsp3) is 0.333. The van der Waals surface area contributed by atoms with E-state index >= 15 is 0 Å². The molecule has 2 aromatic rings. The summed E-state index contributed by atoms with van der Waals surface area (Å²) >= 11 is 1.62. The van der Waals surface area contributed by atoms with Gasteiger partial charge in [-0.3, -0.25) is 14.5 Å². The molecule has 0 bridgehead atoms. The van der Waals surface area contributed by atoms with E-state index in [-0.39, 0.29) is 6.04 Å². The van der Waals surface area contributed by atoms with Gasteiger partial charge in [0.1, 0.15) is 5.82 Å². The third kappa shape index (κ3) is 4.64. The molecule has 1 fully saturated rings. The van der Waals surface area contributed by atoms with Crippen LogP contribution in [0.5, 0.6) is 0 Å². The number of carbonyl (C=O) groups is 2. The van der Waals surface area contributed by atoms with Gasteiger partial charge < -0.3 is 10.6 Å². The number of rotatable bonds is 5. The summed E-state index contributed by atoms with van der Waals surface area (Å²) in [4.78, 5) is 26.4. The van der Waals surface area contributed by atoms with E-state index in [1.807, 2.05) is 5.38 Å². The van der Waals surface area contributed by atoms with Gasteiger partial charge in [-0.05, 0) is 72.6 Å². The number of likely N-dealkylation sites (tertiary alicyclic amines) is 1. The van der Waals surface area contributed by atoms with Crippen LogP contribution in [0.4, 0.5) is 10.1 Å². The summed E-state index contributed by atoms with van der Waals surface area (Å²) in [6.45, 7) is 2.38. The summed E-state index contributed by atoms with van der Waals surface area (Å²) < 4.78 is 12.9. The van der Waals surface area contributed by atoms with E-state index < -0.39 is 17.6 Å². The molecule has 3 rings (SSSR count). The molecule has 0 radical (unpaired) electrons. The standard InChI is InChI=1S/C18H20FN3O2S/c19-14-3-5-15(6-4-14)21-18(24)17(23)20-11-16(13-7-10-25-12-13)22-8-1-2-9-22/h3-7,10,12,16H,1-2,8-9,11H2,(H,20,23)(H,21,24). The lowest BCUT2D eigenvalue weighted by Crippen LogP contribution is -2.41. The number of benzene rings is 1. The predicted octanol–water partition coefficient (Wildman–Crippen LogP) is 2.78. The van der Waals surface area contributed by atoms with Crippen molar-refractivity contribution in [3.8, 4) is 0 Å². The highest BCUT2D eigenvalue weighted by Crippen LogP contribution is 2.26. The van der Waals surface area contributed by atoms with Crippen molar-refractivity contribution in [1.82, 2.24) is 10.2 Å². The SMILES string of the molecule is O=C(NCC(c1ccsc1)N1CCCC1)C(=O)Nc1ccc(F)cc1. The van der Waals surface area contributed by atoms with Crippen molar-refractivity contribution in [2.24, 2.45) is 0 Å². The monoisotopic (exact) mass is 361 g/mol. The zero-order chi connectivity index (χ0) is 17.6. The molecule has 1 unspecified atom stereocenters. The Bertz CT molecular complexity index is 712. The van der Waals surface area contributed by atoms with Crippen molar-refractivity contribution >= 4 is 28.8 Å². The maximum absolute atomic E-state index is 12.9. The van der Waals surface area contributed by atoms with Gasteiger partial charge in [-0.1, -0.05) is 0 Å². The molecule has 2 N–H and O–H groups in total. The van der Waals surface area contributed by atoms with Crippen LogP contribution >= 0.6 is 11.3 Å². The minimum Gasteiger partial charge on any atom is -0.346 e. The quantitative estimate of drug-likeness (QED) is 0.805. The second-order valence-electron chi connectivity index (χ2n) is 5.99. The molecule has 2 heterocycles. The third-order valence-electron chi connectivity index (χ3n) is 4.27. The number of carbonyl (C=O) groups excluding carboxylic acids is 2. The van der Waals surface area contributed by atoms with E-state index in [4.69, 9.17) is 0 Å². The van der Waals surface area contributed by atoms with Crippen LogP contribution in [-0.4, -0.2) is 36.3 Å². The van der Waals surface area contributed by atoms with Gasteiger partial charge in [0.05, 0.1) is 6.04 Å². The van der Waals surface area contributed by atoms with E-state index in [2.05, 4.69) is 27.0 Å². The molecular formula is C18H20FN3O2S. The van der Waals surface area contributed by atoms with Crippen LogP contribution in [0.2, 0.25) is 0 Å². The van der Waals surface area contributed by atoms with E-state index in [1.54, 1.807) is 11.3 Å². The molecule has 5 nitrogen and oxygen atoms in total. The van der Waals surface area contributed by atoms with Crippen molar-refractivity contribution in [3.63, 3.8) is 0 Å². The van der Waals surface area contributed by atoms with Gasteiger partial charge in [-0.2, -0.15) is 11.3 Å². The third-order valence-corrected chi connectivity index (χ3v) is 4.98. The highest BCUT2D eigenvalue weighted by molar-refractivity contribution is 7.08. The Labute approximate surface area is 149 Å². The second kappa shape index (κ2) is 8.22. The van der Waals surface area contributed by atoms with Crippen LogP contribution in [-0.2, 0) is 9.59 Å². The van der Waals surface area contributed by atoms with Gasteiger partial charge in [-0.25, -0.2) is 4.39 Å². The van der Waals surface area contributed by atoms with E-state index in [0.717, 1.165) is 31.5 Å². The van der Waals surface area contributed by atoms with Crippen LogP contribution in [0, 0.1) is 5.82 Å². The number of halogens is 1. The zero-order valence-electron chi connectivity index (χ0n) is 13.7. The van der Waals surface area contributed by atoms with Crippen LogP contribution in [0.3, 0.4) is 0 Å². The molecule has 2 amide bonds. The lowest BCUT2D eigenvalue weighted by atomic mass is 10.1. The maximum Gasteiger partial charge on any atom is 0.313 e. The average molecular weight is 361 g/mol. The molecule has 1 atom stereocenters. The molecule has 0 spiro atoms. The van der Waals surface area contributed by atoms with Crippen LogP contribution in [0.15, 0.2) is 41.1 Å². The molecule has 1 aromatic carbocycles. The molecule has 132 valence electrons. The first-order chi connectivity index (χ1) is 12.1. The summed E-state index contributed by atoms with van der Waals surface area (Å²) in [5.41, 5.74) is 1.54. The highest BCUT2D eigenvalue weighted by atomic mass is 32.1. The van der Waals surface area contributed by atoms with Crippen LogP contribution < -0.4 is 10.6 Å². The number of thiophene rings is 1. The van der Waals surface area contributed by atoms with E-state index in [9.17, 15) is 14.0 Å². The Hall–Kier alpha value is -2.25. The Balaban J connectivity index is 1.57. The smallest absolute Gasteiger partial charge is 0.313 e. The van der Waals surface area contributed by atoms with Crippen molar-refractivity contribution in [2.75, 3.05) is 25.0 Å². The summed E-state index contributed by atoms with van der Waals surface area (Å²) in [5.74, 6) is -1.84. The molecule has 0 saturated carbocycles. The maximum atomic E-state index is 12.9. The first-order valence-electron chi connectivity index (χ1n) is 8.24. The normalized spacial score (nSPS) is 15.7. The minimum absolute atomic E-state index is 0.0799. The number of anilines is 1. The fourth-order valence-corrected chi connectivity index (χ4v) is 3.67. The van der Waals surface area contributed by atoms with Gasteiger partial charge >= 0.3 is 11.8 Å². The number of amides is 2. The molecule has 7 heteroatoms. The first kappa shape index (κ1) is 17.6. The van der Waals surface area contributed by atoms with Gasteiger partial charge in [0, 0.05) is 12.2 Å². The van der Waals surface area contributed by atoms with Gasteiger partial charge in [0.25, 0.3) is 0 Å². The van der Waals surface area contributed by atoms with Gasteiger partial charge in [-0.15, -0.1) is 0 Å². The van der Waals surface area contributed by atoms with Crippen LogP contribution in [0.1, 0.15) is 24.4 Å². The molecular weight excluding hydrogens is 341 g/mol. The summed E-state index contributed by atoms with van der Waals surface area (Å²) in [6.07, 6.45) is 2.30. The lowest BCUT2D eigenvalue weighted by Gasteiger charge is -2.27. The molecule has 1 aliphatic rings. The Morgan fingerprint density at radius 2 is 1.84 bits per heavy atom. The second-order valence-corrected chi connectivity index (χ2v) is 6.77. The number of nitrogens with one attached hydrogen (secondary N) is 2.